The molecule has 0 saturated carbocycles. The van der Waals surface area contributed by atoms with Crippen LogP contribution in [0.2, 0.25) is 0 Å². The predicted molar refractivity (Wildman–Crippen MR) is 75.0 cm³/mol. The molecule has 1 aliphatic heterocycles. The van der Waals surface area contributed by atoms with Crippen LogP contribution >= 0.6 is 0 Å². The van der Waals surface area contributed by atoms with Crippen molar-refractivity contribution >= 4 is 5.91 Å². The van der Waals surface area contributed by atoms with Crippen LogP contribution in [0, 0.1) is 6.92 Å². The molecular formula is C15H22N2O2. The first kappa shape index (κ1) is 13.9. The third-order valence-corrected chi connectivity index (χ3v) is 3.64. The standard InChI is InChI=1S/C15H22N2O2/c1-10-6-7-12(14(18)9-10)11(2)17-13-5-3-4-8-16-15(13)19/h6-7,9,11,13,17-18H,3-5,8H2,1-2H3,(H,16,19). The van der Waals surface area contributed by atoms with E-state index in [4.69, 9.17) is 0 Å². The summed E-state index contributed by atoms with van der Waals surface area (Å²) >= 11 is 0. The predicted octanol–water partition coefficient (Wildman–Crippen LogP) is 2.02. The van der Waals surface area contributed by atoms with Crippen molar-refractivity contribution in [2.45, 2.75) is 45.2 Å². The molecule has 0 aromatic heterocycles. The van der Waals surface area contributed by atoms with E-state index in [0.29, 0.717) is 0 Å². The maximum Gasteiger partial charge on any atom is 0.237 e. The van der Waals surface area contributed by atoms with E-state index in [0.717, 1.165) is 36.9 Å². The summed E-state index contributed by atoms with van der Waals surface area (Å²) in [6.45, 7) is 4.68. The Hall–Kier alpha value is -1.55. The molecule has 2 atom stereocenters. The van der Waals surface area contributed by atoms with Gasteiger partial charge in [-0.1, -0.05) is 12.1 Å². The lowest BCUT2D eigenvalue weighted by atomic mass is 10.0. The Balaban J connectivity index is 2.07. The zero-order valence-corrected chi connectivity index (χ0v) is 11.6. The molecule has 0 spiro atoms. The summed E-state index contributed by atoms with van der Waals surface area (Å²) in [7, 11) is 0. The van der Waals surface area contributed by atoms with Crippen molar-refractivity contribution < 1.29 is 9.90 Å². The van der Waals surface area contributed by atoms with Crippen molar-refractivity contribution in [1.29, 1.82) is 0 Å². The lowest BCUT2D eigenvalue weighted by Crippen LogP contribution is -2.43. The Morgan fingerprint density at radius 3 is 2.95 bits per heavy atom. The molecule has 1 fully saturated rings. The highest BCUT2D eigenvalue weighted by Crippen LogP contribution is 2.25. The van der Waals surface area contributed by atoms with E-state index in [1.807, 2.05) is 26.0 Å². The van der Waals surface area contributed by atoms with Crippen molar-refractivity contribution in [1.82, 2.24) is 10.6 Å². The zero-order chi connectivity index (χ0) is 13.8. The van der Waals surface area contributed by atoms with Crippen LogP contribution in [0.4, 0.5) is 0 Å². The highest BCUT2D eigenvalue weighted by Gasteiger charge is 2.23. The van der Waals surface area contributed by atoms with Gasteiger partial charge in [-0.2, -0.15) is 0 Å². The Bertz CT molecular complexity index is 459. The van der Waals surface area contributed by atoms with Crippen LogP contribution in [-0.2, 0) is 4.79 Å². The summed E-state index contributed by atoms with van der Waals surface area (Å²) in [6.07, 6.45) is 2.93. The first-order chi connectivity index (χ1) is 9.08. The van der Waals surface area contributed by atoms with Crippen LogP contribution in [-0.4, -0.2) is 23.6 Å². The fraction of sp³-hybridized carbons (Fsp3) is 0.533. The van der Waals surface area contributed by atoms with E-state index in [2.05, 4.69) is 10.6 Å². The maximum atomic E-state index is 11.9. The van der Waals surface area contributed by atoms with Gasteiger partial charge in [0.2, 0.25) is 5.91 Å². The number of phenolic OH excluding ortho intramolecular Hbond substituents is 1. The number of carbonyl (C=O) groups is 1. The molecule has 1 heterocycles. The summed E-state index contributed by atoms with van der Waals surface area (Å²) in [6, 6.07) is 5.42. The number of benzene rings is 1. The molecule has 1 amide bonds. The van der Waals surface area contributed by atoms with Gasteiger partial charge in [0.1, 0.15) is 5.75 Å². The molecule has 1 aromatic carbocycles. The SMILES string of the molecule is Cc1ccc(C(C)NC2CCCCNC2=O)c(O)c1. The third-order valence-electron chi connectivity index (χ3n) is 3.64. The van der Waals surface area contributed by atoms with Crippen LogP contribution in [0.25, 0.3) is 0 Å². The molecule has 1 saturated heterocycles. The number of amides is 1. The monoisotopic (exact) mass is 262 g/mol. The van der Waals surface area contributed by atoms with Crippen LogP contribution in [0.5, 0.6) is 5.75 Å². The summed E-state index contributed by atoms with van der Waals surface area (Å²) in [5, 5.41) is 16.2. The number of aromatic hydroxyl groups is 1. The Labute approximate surface area is 114 Å². The van der Waals surface area contributed by atoms with Gasteiger partial charge in [-0.3, -0.25) is 10.1 Å². The molecular weight excluding hydrogens is 240 g/mol. The minimum Gasteiger partial charge on any atom is -0.508 e. The van der Waals surface area contributed by atoms with E-state index in [9.17, 15) is 9.90 Å². The molecule has 104 valence electrons. The van der Waals surface area contributed by atoms with E-state index >= 15 is 0 Å². The minimum atomic E-state index is -0.168. The van der Waals surface area contributed by atoms with Gasteiger partial charge < -0.3 is 10.4 Å². The van der Waals surface area contributed by atoms with Crippen molar-refractivity contribution in [3.05, 3.63) is 29.3 Å². The van der Waals surface area contributed by atoms with E-state index in [1.54, 1.807) is 6.07 Å². The van der Waals surface area contributed by atoms with Gasteiger partial charge in [-0.25, -0.2) is 0 Å². The van der Waals surface area contributed by atoms with Crippen molar-refractivity contribution in [2.75, 3.05) is 6.54 Å². The molecule has 4 heteroatoms. The normalized spacial score (nSPS) is 21.6. The largest absolute Gasteiger partial charge is 0.508 e. The van der Waals surface area contributed by atoms with Gasteiger partial charge in [0.15, 0.2) is 0 Å². The molecule has 0 radical (unpaired) electrons. The van der Waals surface area contributed by atoms with Crippen molar-refractivity contribution in [2.24, 2.45) is 0 Å². The summed E-state index contributed by atoms with van der Waals surface area (Å²) < 4.78 is 0. The van der Waals surface area contributed by atoms with E-state index in [1.165, 1.54) is 0 Å². The summed E-state index contributed by atoms with van der Waals surface area (Å²) in [4.78, 5) is 11.9. The molecule has 0 aliphatic carbocycles. The number of rotatable bonds is 3. The first-order valence-corrected chi connectivity index (χ1v) is 6.91. The molecule has 19 heavy (non-hydrogen) atoms. The second-order valence-electron chi connectivity index (χ2n) is 5.29. The smallest absolute Gasteiger partial charge is 0.237 e. The number of nitrogens with one attached hydrogen (secondary N) is 2. The Kier molecular flexibility index (Phi) is 4.43. The molecule has 2 rings (SSSR count). The van der Waals surface area contributed by atoms with Gasteiger partial charge >= 0.3 is 0 Å². The lowest BCUT2D eigenvalue weighted by molar-refractivity contribution is -0.123. The lowest BCUT2D eigenvalue weighted by Gasteiger charge is -2.22. The van der Waals surface area contributed by atoms with Gasteiger partial charge in [-0.15, -0.1) is 0 Å². The number of aryl methyl sites for hydroxylation is 1. The first-order valence-electron chi connectivity index (χ1n) is 6.91. The van der Waals surface area contributed by atoms with Crippen molar-refractivity contribution in [3.63, 3.8) is 0 Å². The molecule has 3 N–H and O–H groups in total. The molecule has 2 unspecified atom stereocenters. The fourth-order valence-corrected chi connectivity index (χ4v) is 2.51. The van der Waals surface area contributed by atoms with Gasteiger partial charge in [-0.05, 0) is 44.7 Å². The molecule has 0 bridgehead atoms. The summed E-state index contributed by atoms with van der Waals surface area (Å²) in [5.41, 5.74) is 1.86. The van der Waals surface area contributed by atoms with E-state index < -0.39 is 0 Å². The van der Waals surface area contributed by atoms with Crippen LogP contribution in [0.1, 0.15) is 43.4 Å². The number of hydrogen-bond donors (Lipinski definition) is 3. The average molecular weight is 262 g/mol. The maximum absolute atomic E-state index is 11.9. The molecule has 4 nitrogen and oxygen atoms in total. The summed E-state index contributed by atoms with van der Waals surface area (Å²) in [5.74, 6) is 0.352. The Morgan fingerprint density at radius 1 is 1.42 bits per heavy atom. The highest BCUT2D eigenvalue weighted by molar-refractivity contribution is 5.82. The van der Waals surface area contributed by atoms with Gasteiger partial charge in [0.05, 0.1) is 6.04 Å². The second kappa shape index (κ2) is 6.06. The quantitative estimate of drug-likeness (QED) is 0.781. The van der Waals surface area contributed by atoms with Crippen LogP contribution < -0.4 is 10.6 Å². The van der Waals surface area contributed by atoms with E-state index in [-0.39, 0.29) is 23.7 Å². The Morgan fingerprint density at radius 2 is 2.21 bits per heavy atom. The molecule has 1 aliphatic rings. The number of carbonyl (C=O) groups excluding carboxylic acids is 1. The second-order valence-corrected chi connectivity index (χ2v) is 5.29. The molecule has 1 aromatic rings. The number of hydrogen-bond acceptors (Lipinski definition) is 3. The average Bonchev–Trinajstić information content (AvgIpc) is 2.55. The third kappa shape index (κ3) is 3.47. The van der Waals surface area contributed by atoms with Crippen molar-refractivity contribution in [3.8, 4) is 5.75 Å². The zero-order valence-electron chi connectivity index (χ0n) is 11.6. The fourth-order valence-electron chi connectivity index (χ4n) is 2.51. The van der Waals surface area contributed by atoms with Crippen LogP contribution in [0.3, 0.4) is 0 Å². The highest BCUT2D eigenvalue weighted by atomic mass is 16.3. The topological polar surface area (TPSA) is 61.4 Å². The van der Waals surface area contributed by atoms with Gasteiger partial charge in [0, 0.05) is 18.2 Å². The van der Waals surface area contributed by atoms with Crippen LogP contribution in [0.15, 0.2) is 18.2 Å². The van der Waals surface area contributed by atoms with Gasteiger partial charge in [0.25, 0.3) is 0 Å². The minimum absolute atomic E-state index is 0.0468. The number of phenols is 1.